The first-order chi connectivity index (χ1) is 20.0. The maximum atomic E-state index is 13.2. The molecule has 1 spiro atoms. The molecule has 4 aromatic rings. The predicted octanol–water partition coefficient (Wildman–Crippen LogP) is 8.41. The van der Waals surface area contributed by atoms with Crippen molar-refractivity contribution in [3.8, 4) is 34.5 Å². The Morgan fingerprint density at radius 1 is 0.786 bits per heavy atom. The molecule has 1 unspecified atom stereocenters. The summed E-state index contributed by atoms with van der Waals surface area (Å²) in [7, 11) is 0. The second-order valence-corrected chi connectivity index (χ2v) is 12.4. The largest absolute Gasteiger partial charge is 0.456 e. The third kappa shape index (κ3) is 4.87. The van der Waals surface area contributed by atoms with E-state index in [2.05, 4.69) is 45.2 Å². The van der Waals surface area contributed by atoms with Gasteiger partial charge >= 0.3 is 17.9 Å². The minimum absolute atomic E-state index is 0.0848. The van der Waals surface area contributed by atoms with Crippen LogP contribution in [-0.4, -0.2) is 17.9 Å². The number of carbonyl (C=O) groups excluding carboxylic acids is 3. The van der Waals surface area contributed by atoms with Gasteiger partial charge in [-0.25, -0.2) is 4.79 Å². The third-order valence-corrected chi connectivity index (χ3v) is 8.71. The van der Waals surface area contributed by atoms with Gasteiger partial charge in [-0.2, -0.15) is 0 Å². The Kier molecular flexibility index (Phi) is 7.52. The number of hydrogen-bond donors (Lipinski definition) is 0. The highest BCUT2D eigenvalue weighted by molar-refractivity contribution is 14.1. The number of fused-ring (bicyclic) bond motifs is 6. The summed E-state index contributed by atoms with van der Waals surface area (Å²) < 4.78 is 30.5. The Balaban J connectivity index is 1.51. The smallest absolute Gasteiger partial charge is 0.340 e. The summed E-state index contributed by atoms with van der Waals surface area (Å²) >= 11 is 17.4. The van der Waals surface area contributed by atoms with Crippen LogP contribution in [0.25, 0.3) is 0 Å². The summed E-state index contributed by atoms with van der Waals surface area (Å²) in [4.78, 5) is 36.4. The van der Waals surface area contributed by atoms with Crippen LogP contribution in [0.2, 0.25) is 10.0 Å². The van der Waals surface area contributed by atoms with Crippen molar-refractivity contribution in [2.45, 2.75) is 19.4 Å². The Morgan fingerprint density at radius 2 is 1.36 bits per heavy atom. The molecule has 0 aromatic heterocycles. The van der Waals surface area contributed by atoms with Gasteiger partial charge in [0, 0.05) is 42.7 Å². The van der Waals surface area contributed by atoms with E-state index in [4.69, 9.17) is 46.9 Å². The first kappa shape index (κ1) is 29.0. The van der Waals surface area contributed by atoms with Crippen molar-refractivity contribution < 1.29 is 38.1 Å². The van der Waals surface area contributed by atoms with Crippen molar-refractivity contribution >= 4 is 86.3 Å². The molecule has 2 aliphatic rings. The van der Waals surface area contributed by atoms with Gasteiger partial charge in [-0.3, -0.25) is 9.59 Å². The lowest BCUT2D eigenvalue weighted by atomic mass is 9.77. The van der Waals surface area contributed by atoms with Gasteiger partial charge in [0.1, 0.15) is 23.0 Å². The van der Waals surface area contributed by atoms with Crippen molar-refractivity contribution in [3.05, 3.63) is 100 Å². The summed E-state index contributed by atoms with van der Waals surface area (Å²) in [5.41, 5.74) is 0.394. The van der Waals surface area contributed by atoms with E-state index in [9.17, 15) is 14.4 Å². The molecule has 2 aliphatic heterocycles. The molecule has 0 fully saturated rings. The van der Waals surface area contributed by atoms with Crippen LogP contribution in [0, 0.1) is 7.14 Å². The molecule has 1 atom stereocenters. The molecule has 6 rings (SSSR count). The molecule has 0 saturated heterocycles. The molecule has 2 heterocycles. The second kappa shape index (κ2) is 10.9. The van der Waals surface area contributed by atoms with Crippen LogP contribution >= 0.6 is 68.4 Å². The molecule has 0 aliphatic carbocycles. The van der Waals surface area contributed by atoms with E-state index >= 15 is 0 Å². The van der Waals surface area contributed by atoms with Crippen LogP contribution in [0.3, 0.4) is 0 Å². The van der Waals surface area contributed by atoms with Gasteiger partial charge in [-0.1, -0.05) is 41.4 Å². The number of rotatable bonds is 4. The Bertz CT molecular complexity index is 1830. The van der Waals surface area contributed by atoms with Crippen LogP contribution < -0.4 is 18.9 Å². The lowest BCUT2D eigenvalue weighted by molar-refractivity contribution is -0.132. The zero-order chi connectivity index (χ0) is 29.9. The molecule has 212 valence electrons. The lowest BCUT2D eigenvalue weighted by Gasteiger charge is -2.37. The summed E-state index contributed by atoms with van der Waals surface area (Å²) in [6, 6.07) is 16.7. The van der Waals surface area contributed by atoms with Crippen LogP contribution in [-0.2, 0) is 19.9 Å². The lowest BCUT2D eigenvalue weighted by Crippen LogP contribution is -2.33. The van der Waals surface area contributed by atoms with Gasteiger partial charge in [-0.15, -0.1) is 0 Å². The van der Waals surface area contributed by atoms with Gasteiger partial charge in [0.2, 0.25) is 0 Å². The standard InChI is InChI=1S/C30H16Cl2I2O8/c1-13(35)38-26-11-24-18(9-20(26)31)30(17-6-4-3-5-16(17)29(37)42-30)19-10-21(32)27(12-25(19)41-24)40-15-7-22(33)28(23(34)8-15)39-14(2)36/h3-12H,1-2H3. The molecular formula is C30H16Cl2I2O8. The molecule has 0 amide bonds. The van der Waals surface area contributed by atoms with E-state index in [1.54, 1.807) is 54.6 Å². The molecule has 42 heavy (non-hydrogen) atoms. The number of carbonyl (C=O) groups is 3. The fourth-order valence-corrected chi connectivity index (χ4v) is 7.28. The van der Waals surface area contributed by atoms with Crippen molar-refractivity contribution in [1.29, 1.82) is 0 Å². The minimum atomic E-state index is -1.45. The number of ether oxygens (including phenoxy) is 5. The van der Waals surface area contributed by atoms with Gasteiger partial charge in [0.15, 0.2) is 17.1 Å². The van der Waals surface area contributed by atoms with E-state index in [0.29, 0.717) is 46.6 Å². The van der Waals surface area contributed by atoms with E-state index < -0.39 is 23.5 Å². The van der Waals surface area contributed by atoms with Crippen molar-refractivity contribution in [2.24, 2.45) is 0 Å². The fraction of sp³-hybridized carbons (Fsp3) is 0.100. The van der Waals surface area contributed by atoms with E-state index in [0.717, 1.165) is 0 Å². The molecule has 12 heteroatoms. The van der Waals surface area contributed by atoms with Gasteiger partial charge in [0.05, 0.1) is 22.7 Å². The van der Waals surface area contributed by atoms with Gasteiger partial charge in [0.25, 0.3) is 0 Å². The quantitative estimate of drug-likeness (QED) is 0.115. The van der Waals surface area contributed by atoms with Crippen molar-refractivity contribution in [2.75, 3.05) is 0 Å². The van der Waals surface area contributed by atoms with Crippen LogP contribution in [0.4, 0.5) is 0 Å². The number of benzene rings is 4. The highest BCUT2D eigenvalue weighted by atomic mass is 127. The first-order valence-electron chi connectivity index (χ1n) is 12.2. The maximum Gasteiger partial charge on any atom is 0.340 e. The SMILES string of the molecule is CC(=O)Oc1cc2c(cc1Cl)C1(OC(=O)c3ccccc31)c1cc(Cl)c(Oc3cc(I)c(OC(C)=O)c(I)c3)cc1O2. The zero-order valence-electron chi connectivity index (χ0n) is 21.6. The first-order valence-corrected chi connectivity index (χ1v) is 15.1. The summed E-state index contributed by atoms with van der Waals surface area (Å²) in [6.45, 7) is 2.59. The Morgan fingerprint density at radius 3 is 1.98 bits per heavy atom. The predicted molar refractivity (Wildman–Crippen MR) is 169 cm³/mol. The molecule has 0 N–H and O–H groups in total. The number of halogens is 4. The van der Waals surface area contributed by atoms with Gasteiger partial charge < -0.3 is 23.7 Å². The summed E-state index contributed by atoms with van der Waals surface area (Å²) in [5.74, 6) is 0.238. The summed E-state index contributed by atoms with van der Waals surface area (Å²) in [5, 5.41) is 0.348. The monoisotopic (exact) mass is 828 g/mol. The van der Waals surface area contributed by atoms with Gasteiger partial charge in [-0.05, 0) is 75.5 Å². The van der Waals surface area contributed by atoms with Crippen molar-refractivity contribution in [1.82, 2.24) is 0 Å². The van der Waals surface area contributed by atoms with Crippen LogP contribution in [0.1, 0.15) is 40.9 Å². The molecule has 0 radical (unpaired) electrons. The number of hydrogen-bond acceptors (Lipinski definition) is 8. The average molecular weight is 829 g/mol. The zero-order valence-corrected chi connectivity index (χ0v) is 27.4. The Labute approximate surface area is 276 Å². The molecule has 4 aromatic carbocycles. The van der Waals surface area contributed by atoms with Crippen molar-refractivity contribution in [3.63, 3.8) is 0 Å². The molecule has 8 nitrogen and oxygen atoms in total. The summed E-state index contributed by atoms with van der Waals surface area (Å²) in [6.07, 6.45) is 0. The fourth-order valence-electron chi connectivity index (χ4n) is 4.94. The maximum absolute atomic E-state index is 13.2. The van der Waals surface area contributed by atoms with E-state index in [1.807, 2.05) is 0 Å². The highest BCUT2D eigenvalue weighted by Crippen LogP contribution is 2.59. The Hall–Kier alpha value is -3.07. The minimum Gasteiger partial charge on any atom is -0.456 e. The highest BCUT2D eigenvalue weighted by Gasteiger charge is 2.54. The molecule has 0 saturated carbocycles. The second-order valence-electron chi connectivity index (χ2n) is 9.28. The van der Waals surface area contributed by atoms with Crippen LogP contribution in [0.15, 0.2) is 60.7 Å². The molecule has 0 bridgehead atoms. The third-order valence-electron chi connectivity index (χ3n) is 6.52. The van der Waals surface area contributed by atoms with E-state index in [-0.39, 0.29) is 27.3 Å². The molecular weight excluding hydrogens is 813 g/mol. The topological polar surface area (TPSA) is 97.4 Å². The number of esters is 3. The normalized spacial score (nSPS) is 16.1. The average Bonchev–Trinajstić information content (AvgIpc) is 3.21. The van der Waals surface area contributed by atoms with E-state index in [1.165, 1.54) is 19.9 Å². The van der Waals surface area contributed by atoms with Crippen LogP contribution in [0.5, 0.6) is 34.5 Å².